The minimum atomic E-state index is -0.434. The Balaban J connectivity index is 2.36. The molecule has 0 saturated carbocycles. The number of halogens is 2. The Hall–Kier alpha value is -1.29. The fourth-order valence-corrected chi connectivity index (χ4v) is 2.55. The first kappa shape index (κ1) is 14.1. The molecular weight excluding hydrogens is 265 g/mol. The fourth-order valence-electron chi connectivity index (χ4n) is 2.39. The lowest BCUT2D eigenvalue weighted by Crippen LogP contribution is -2.09. The smallest absolute Gasteiger partial charge is 0.201 e. The molecular formula is C14H19ClFN3. The Kier molecular flexibility index (Phi) is 4.30. The zero-order chi connectivity index (χ0) is 14.0. The molecule has 104 valence electrons. The van der Waals surface area contributed by atoms with Crippen LogP contribution in [0.2, 0.25) is 5.02 Å². The van der Waals surface area contributed by atoms with Crippen LogP contribution in [0, 0.1) is 5.82 Å². The van der Waals surface area contributed by atoms with Gasteiger partial charge in [0, 0.05) is 12.1 Å². The minimum absolute atomic E-state index is 0.0794. The normalized spacial score (nSPS) is 13.1. The van der Waals surface area contributed by atoms with Gasteiger partial charge in [-0.15, -0.1) is 0 Å². The maximum absolute atomic E-state index is 13.6. The molecule has 0 saturated heterocycles. The van der Waals surface area contributed by atoms with Gasteiger partial charge in [0.25, 0.3) is 0 Å². The van der Waals surface area contributed by atoms with Gasteiger partial charge < -0.3 is 10.3 Å². The zero-order valence-electron chi connectivity index (χ0n) is 11.3. The van der Waals surface area contributed by atoms with Crippen molar-refractivity contribution in [1.82, 2.24) is 9.55 Å². The van der Waals surface area contributed by atoms with Gasteiger partial charge in [0.05, 0.1) is 16.1 Å². The van der Waals surface area contributed by atoms with E-state index in [-0.39, 0.29) is 11.1 Å². The monoisotopic (exact) mass is 283 g/mol. The lowest BCUT2D eigenvalue weighted by molar-refractivity contribution is 0.491. The zero-order valence-corrected chi connectivity index (χ0v) is 12.0. The van der Waals surface area contributed by atoms with E-state index in [1.54, 1.807) is 0 Å². The summed E-state index contributed by atoms with van der Waals surface area (Å²) in [4.78, 5) is 4.25. The minimum Gasteiger partial charge on any atom is -0.369 e. The van der Waals surface area contributed by atoms with Crippen LogP contribution in [0.1, 0.15) is 45.6 Å². The lowest BCUT2D eigenvalue weighted by atomic mass is 10.1. The summed E-state index contributed by atoms with van der Waals surface area (Å²) < 4.78 is 15.5. The highest BCUT2D eigenvalue weighted by Gasteiger charge is 2.15. The number of anilines is 1. The number of hydrogen-bond donors (Lipinski definition) is 1. The van der Waals surface area contributed by atoms with Crippen molar-refractivity contribution >= 4 is 28.6 Å². The number of nitrogens with two attached hydrogens (primary N) is 1. The van der Waals surface area contributed by atoms with E-state index in [1.807, 2.05) is 4.57 Å². The first-order valence-electron chi connectivity index (χ1n) is 6.67. The fraction of sp³-hybridized carbons (Fsp3) is 0.500. The second kappa shape index (κ2) is 5.78. The van der Waals surface area contributed by atoms with Crippen molar-refractivity contribution in [3.63, 3.8) is 0 Å². The van der Waals surface area contributed by atoms with Gasteiger partial charge in [-0.2, -0.15) is 0 Å². The molecule has 1 heterocycles. The first-order valence-corrected chi connectivity index (χ1v) is 7.04. The molecule has 0 radical (unpaired) electrons. The number of nitrogens with zero attached hydrogens (tertiary/aromatic N) is 2. The number of hydrogen-bond acceptors (Lipinski definition) is 2. The van der Waals surface area contributed by atoms with Gasteiger partial charge in [-0.25, -0.2) is 9.37 Å². The SMILES string of the molecule is CCCCCC(C)n1c(N)nc2cc(Cl)c(F)cc21. The Bertz CT molecular complexity index is 580. The maximum Gasteiger partial charge on any atom is 0.201 e. The van der Waals surface area contributed by atoms with Gasteiger partial charge in [0.2, 0.25) is 5.95 Å². The van der Waals surface area contributed by atoms with E-state index < -0.39 is 5.82 Å². The maximum atomic E-state index is 13.6. The summed E-state index contributed by atoms with van der Waals surface area (Å²) in [6, 6.07) is 3.15. The van der Waals surface area contributed by atoms with Gasteiger partial charge >= 0.3 is 0 Å². The average molecular weight is 284 g/mol. The highest BCUT2D eigenvalue weighted by Crippen LogP contribution is 2.29. The number of fused-ring (bicyclic) bond motifs is 1. The Morgan fingerprint density at radius 2 is 2.16 bits per heavy atom. The molecule has 5 heteroatoms. The van der Waals surface area contributed by atoms with Crippen molar-refractivity contribution in [3.8, 4) is 0 Å². The van der Waals surface area contributed by atoms with Crippen molar-refractivity contribution in [2.75, 3.05) is 5.73 Å². The number of rotatable bonds is 5. The largest absolute Gasteiger partial charge is 0.369 e. The second-order valence-corrected chi connectivity index (χ2v) is 5.35. The number of nitrogen functional groups attached to an aromatic ring is 1. The van der Waals surface area contributed by atoms with Crippen LogP contribution in [0.15, 0.2) is 12.1 Å². The van der Waals surface area contributed by atoms with Gasteiger partial charge in [-0.1, -0.05) is 37.8 Å². The van der Waals surface area contributed by atoms with Gasteiger partial charge in [0.15, 0.2) is 0 Å². The molecule has 19 heavy (non-hydrogen) atoms. The highest BCUT2D eigenvalue weighted by molar-refractivity contribution is 6.31. The Morgan fingerprint density at radius 1 is 1.42 bits per heavy atom. The third kappa shape index (κ3) is 2.84. The van der Waals surface area contributed by atoms with Crippen LogP contribution < -0.4 is 5.73 Å². The summed E-state index contributed by atoms with van der Waals surface area (Å²) in [5, 5.41) is 0.0794. The molecule has 1 aromatic heterocycles. The molecule has 2 aromatic rings. The van der Waals surface area contributed by atoms with E-state index in [2.05, 4.69) is 18.8 Å². The average Bonchev–Trinajstić information content (AvgIpc) is 2.65. The Labute approximate surface area is 117 Å². The molecule has 3 nitrogen and oxygen atoms in total. The molecule has 0 fully saturated rings. The second-order valence-electron chi connectivity index (χ2n) is 4.94. The van der Waals surface area contributed by atoms with E-state index in [0.29, 0.717) is 17.0 Å². The molecule has 1 unspecified atom stereocenters. The van der Waals surface area contributed by atoms with Crippen LogP contribution >= 0.6 is 11.6 Å². The molecule has 2 rings (SSSR count). The summed E-state index contributed by atoms with van der Waals surface area (Å²) in [7, 11) is 0. The van der Waals surface area contributed by atoms with Crippen LogP contribution in [-0.2, 0) is 0 Å². The molecule has 0 bridgehead atoms. The molecule has 0 aliphatic carbocycles. The topological polar surface area (TPSA) is 43.8 Å². The van der Waals surface area contributed by atoms with Gasteiger partial charge in [0.1, 0.15) is 5.82 Å². The summed E-state index contributed by atoms with van der Waals surface area (Å²) in [6.07, 6.45) is 4.51. The third-order valence-electron chi connectivity index (χ3n) is 3.43. The van der Waals surface area contributed by atoms with E-state index >= 15 is 0 Å². The predicted octanol–water partition coefficient (Wildman–Crippen LogP) is 4.55. The molecule has 2 N–H and O–H groups in total. The van der Waals surface area contributed by atoms with E-state index in [4.69, 9.17) is 17.3 Å². The number of benzene rings is 1. The molecule has 0 aliphatic heterocycles. The summed E-state index contributed by atoms with van der Waals surface area (Å²) in [5.74, 6) is -0.0169. The van der Waals surface area contributed by atoms with E-state index in [0.717, 1.165) is 12.8 Å². The van der Waals surface area contributed by atoms with Crippen molar-refractivity contribution in [1.29, 1.82) is 0 Å². The van der Waals surface area contributed by atoms with Crippen LogP contribution in [0.4, 0.5) is 10.3 Å². The van der Waals surface area contributed by atoms with Crippen molar-refractivity contribution in [2.24, 2.45) is 0 Å². The summed E-state index contributed by atoms with van der Waals surface area (Å²) in [5.41, 5.74) is 7.30. The molecule has 0 aliphatic rings. The standard InChI is InChI=1S/C14H19ClFN3/c1-3-4-5-6-9(2)19-13-8-11(16)10(15)7-12(13)18-14(19)17/h7-9H,3-6H2,1-2H3,(H2,17,18). The van der Waals surface area contributed by atoms with Crippen LogP contribution in [0.25, 0.3) is 11.0 Å². The molecule has 0 spiro atoms. The highest BCUT2D eigenvalue weighted by atomic mass is 35.5. The van der Waals surface area contributed by atoms with Crippen molar-refractivity contribution in [2.45, 2.75) is 45.6 Å². The quantitative estimate of drug-likeness (QED) is 0.818. The number of aromatic nitrogens is 2. The summed E-state index contributed by atoms with van der Waals surface area (Å²) >= 11 is 5.77. The third-order valence-corrected chi connectivity index (χ3v) is 3.71. The predicted molar refractivity (Wildman–Crippen MR) is 78.0 cm³/mol. The number of imidazole rings is 1. The van der Waals surface area contributed by atoms with Crippen molar-refractivity contribution in [3.05, 3.63) is 23.0 Å². The Morgan fingerprint density at radius 3 is 2.84 bits per heavy atom. The number of unbranched alkanes of at least 4 members (excludes halogenated alkanes) is 2. The van der Waals surface area contributed by atoms with Crippen LogP contribution in [-0.4, -0.2) is 9.55 Å². The van der Waals surface area contributed by atoms with Gasteiger partial charge in [-0.3, -0.25) is 0 Å². The molecule has 1 atom stereocenters. The lowest BCUT2D eigenvalue weighted by Gasteiger charge is -2.15. The van der Waals surface area contributed by atoms with E-state index in [9.17, 15) is 4.39 Å². The van der Waals surface area contributed by atoms with Gasteiger partial charge in [-0.05, 0) is 19.4 Å². The van der Waals surface area contributed by atoms with Crippen molar-refractivity contribution < 1.29 is 4.39 Å². The molecule has 0 amide bonds. The van der Waals surface area contributed by atoms with E-state index in [1.165, 1.54) is 25.0 Å². The summed E-state index contributed by atoms with van der Waals surface area (Å²) in [6.45, 7) is 4.25. The van der Waals surface area contributed by atoms with Crippen LogP contribution in [0.5, 0.6) is 0 Å². The molecule has 1 aromatic carbocycles. The first-order chi connectivity index (χ1) is 9.04. The van der Waals surface area contributed by atoms with Crippen LogP contribution in [0.3, 0.4) is 0 Å².